The van der Waals surface area contributed by atoms with Gasteiger partial charge in [0.25, 0.3) is 0 Å². The van der Waals surface area contributed by atoms with Gasteiger partial charge < -0.3 is 15.3 Å². The Bertz CT molecular complexity index is 1400. The number of carboxylic acids is 1. The Hall–Kier alpha value is -4.28. The van der Waals surface area contributed by atoms with E-state index in [4.69, 9.17) is 23.2 Å². The number of benzene rings is 3. The molecule has 0 bridgehead atoms. The molecule has 0 fully saturated rings. The summed E-state index contributed by atoms with van der Waals surface area (Å²) in [5, 5.41) is 24.4. The van der Waals surface area contributed by atoms with Crippen LogP contribution in [0.4, 0.5) is 4.79 Å². The second-order valence-corrected chi connectivity index (χ2v) is 9.84. The Morgan fingerprint density at radius 1 is 0.875 bits per heavy atom. The van der Waals surface area contributed by atoms with Crippen LogP contribution in [0.5, 0.6) is 0 Å². The van der Waals surface area contributed by atoms with Gasteiger partial charge in [0.2, 0.25) is 0 Å². The molecule has 0 saturated carbocycles. The molecule has 0 aliphatic rings. The van der Waals surface area contributed by atoms with Crippen molar-refractivity contribution in [2.24, 2.45) is 0 Å². The van der Waals surface area contributed by atoms with Crippen molar-refractivity contribution in [2.75, 3.05) is 0 Å². The van der Waals surface area contributed by atoms with E-state index in [1.165, 1.54) is 9.58 Å². The van der Waals surface area contributed by atoms with Crippen LogP contribution in [0, 0.1) is 0 Å². The molecule has 4 aromatic rings. The van der Waals surface area contributed by atoms with Gasteiger partial charge in [-0.15, -0.1) is 5.10 Å². The number of nitrogens with zero attached hydrogens (tertiary/aromatic N) is 5. The monoisotopic (exact) mass is 580 g/mol. The van der Waals surface area contributed by atoms with Crippen molar-refractivity contribution in [3.63, 3.8) is 0 Å². The van der Waals surface area contributed by atoms with Crippen LogP contribution >= 0.6 is 23.2 Å². The van der Waals surface area contributed by atoms with Crippen molar-refractivity contribution < 1.29 is 19.5 Å². The van der Waals surface area contributed by atoms with E-state index in [0.717, 1.165) is 11.1 Å². The van der Waals surface area contributed by atoms with Gasteiger partial charge in [0.05, 0.1) is 6.42 Å². The van der Waals surface area contributed by atoms with Gasteiger partial charge in [0.15, 0.2) is 11.6 Å². The third-order valence-electron chi connectivity index (χ3n) is 6.09. The molecule has 2 amide bonds. The van der Waals surface area contributed by atoms with Crippen LogP contribution in [0.2, 0.25) is 10.0 Å². The maximum absolute atomic E-state index is 13.4. The highest BCUT2D eigenvalue weighted by atomic mass is 35.5. The van der Waals surface area contributed by atoms with Crippen molar-refractivity contribution in [3.8, 4) is 0 Å². The zero-order valence-electron chi connectivity index (χ0n) is 21.3. The van der Waals surface area contributed by atoms with Gasteiger partial charge in [-0.2, -0.15) is 0 Å². The van der Waals surface area contributed by atoms with Crippen LogP contribution in [0.25, 0.3) is 0 Å². The number of rotatable bonds is 12. The summed E-state index contributed by atoms with van der Waals surface area (Å²) in [7, 11) is 0. The summed E-state index contributed by atoms with van der Waals surface area (Å²) in [6.07, 6.45) is -0.459. The molecule has 40 heavy (non-hydrogen) atoms. The minimum absolute atomic E-state index is 0.149. The Morgan fingerprint density at radius 3 is 2.00 bits per heavy atom. The normalized spacial score (nSPS) is 11.6. The van der Waals surface area contributed by atoms with Crippen molar-refractivity contribution in [2.45, 2.75) is 38.5 Å². The highest BCUT2D eigenvalue weighted by molar-refractivity contribution is 6.36. The lowest BCUT2D eigenvalue weighted by atomic mass is 10.1. The van der Waals surface area contributed by atoms with Crippen molar-refractivity contribution in [3.05, 3.63) is 111 Å². The molecule has 0 spiro atoms. The molecule has 0 aliphatic heterocycles. The van der Waals surface area contributed by atoms with Gasteiger partial charge in [-0.05, 0) is 39.2 Å². The molecular weight excluding hydrogens is 555 g/mol. The fourth-order valence-electron chi connectivity index (χ4n) is 4.06. The quantitative estimate of drug-likeness (QED) is 0.254. The number of amides is 2. The number of aromatic nitrogens is 4. The summed E-state index contributed by atoms with van der Waals surface area (Å²) in [5.41, 5.74) is 2.35. The molecule has 206 valence electrons. The van der Waals surface area contributed by atoms with E-state index < -0.39 is 30.2 Å². The van der Waals surface area contributed by atoms with Crippen LogP contribution in [-0.2, 0) is 35.6 Å². The van der Waals surface area contributed by atoms with E-state index in [0.29, 0.717) is 21.4 Å². The summed E-state index contributed by atoms with van der Waals surface area (Å²) in [5.74, 6) is -1.51. The Balaban J connectivity index is 1.51. The number of hydrogen-bond donors (Lipinski definition) is 2. The van der Waals surface area contributed by atoms with Crippen molar-refractivity contribution in [1.82, 2.24) is 30.4 Å². The Morgan fingerprint density at radius 2 is 1.45 bits per heavy atom. The molecule has 12 heteroatoms. The highest BCUT2D eigenvalue weighted by Gasteiger charge is 2.27. The molecule has 10 nitrogen and oxygen atoms in total. The molecule has 2 N–H and O–H groups in total. The van der Waals surface area contributed by atoms with Crippen LogP contribution < -0.4 is 5.32 Å². The van der Waals surface area contributed by atoms with Crippen molar-refractivity contribution in [1.29, 1.82) is 0 Å². The number of carbonyl (C=O) groups excluding carboxylic acids is 2. The number of halogens is 2. The number of carboxylic acid groups (broad SMARTS) is 1. The minimum Gasteiger partial charge on any atom is -0.481 e. The maximum atomic E-state index is 13.4. The fourth-order valence-corrected chi connectivity index (χ4v) is 4.59. The van der Waals surface area contributed by atoms with E-state index in [1.807, 2.05) is 60.7 Å². The van der Waals surface area contributed by atoms with Gasteiger partial charge in [-0.1, -0.05) is 89.9 Å². The highest BCUT2D eigenvalue weighted by Crippen LogP contribution is 2.26. The third-order valence-corrected chi connectivity index (χ3v) is 6.80. The van der Waals surface area contributed by atoms with E-state index in [-0.39, 0.29) is 26.1 Å². The Kier molecular flexibility index (Phi) is 9.82. The van der Waals surface area contributed by atoms with Crippen LogP contribution in [0.1, 0.15) is 28.9 Å². The Labute approximate surface area is 240 Å². The topological polar surface area (TPSA) is 130 Å². The fraction of sp³-hybridized carbons (Fsp3) is 0.214. The summed E-state index contributed by atoms with van der Waals surface area (Å²) >= 11 is 12.5. The second-order valence-electron chi connectivity index (χ2n) is 9.02. The first-order chi connectivity index (χ1) is 19.3. The summed E-state index contributed by atoms with van der Waals surface area (Å²) in [6.45, 7) is 0.149. The number of urea groups is 1. The SMILES string of the molecule is O=C(O)CC(NC(=O)N(Cc1ccccc1)Cc1ccccc1)C(=O)Cn1nnnc1Cc1c(Cl)cccc1Cl. The van der Waals surface area contributed by atoms with E-state index >= 15 is 0 Å². The number of Topliss-reactive ketones (excluding diaryl/α,β-unsaturated/α-hetero) is 1. The lowest BCUT2D eigenvalue weighted by molar-refractivity contribution is -0.139. The van der Waals surface area contributed by atoms with Gasteiger partial charge in [0.1, 0.15) is 12.6 Å². The average molecular weight is 581 g/mol. The zero-order chi connectivity index (χ0) is 28.5. The summed E-state index contributed by atoms with van der Waals surface area (Å²) in [4.78, 5) is 39.9. The maximum Gasteiger partial charge on any atom is 0.318 e. The minimum atomic E-state index is -1.32. The second kappa shape index (κ2) is 13.7. The smallest absolute Gasteiger partial charge is 0.318 e. The lowest BCUT2D eigenvalue weighted by Crippen LogP contribution is -2.49. The van der Waals surface area contributed by atoms with Gasteiger partial charge in [0, 0.05) is 29.6 Å². The third kappa shape index (κ3) is 7.87. The molecule has 0 saturated heterocycles. The van der Waals surface area contributed by atoms with Crippen LogP contribution in [-0.4, -0.2) is 54.0 Å². The largest absolute Gasteiger partial charge is 0.481 e. The molecule has 1 heterocycles. The number of ketones is 1. The first kappa shape index (κ1) is 28.7. The summed E-state index contributed by atoms with van der Waals surface area (Å²) in [6, 6.07) is 21.9. The predicted molar refractivity (Wildman–Crippen MR) is 149 cm³/mol. The lowest BCUT2D eigenvalue weighted by Gasteiger charge is -2.26. The van der Waals surface area contributed by atoms with Crippen LogP contribution in [0.3, 0.4) is 0 Å². The molecule has 3 aromatic carbocycles. The van der Waals surface area contributed by atoms with E-state index in [9.17, 15) is 19.5 Å². The predicted octanol–water partition coefficient (Wildman–Crippen LogP) is 4.40. The molecule has 1 atom stereocenters. The molecule has 4 rings (SSSR count). The number of tetrazole rings is 1. The van der Waals surface area contributed by atoms with Gasteiger partial charge in [-0.3, -0.25) is 9.59 Å². The number of hydrogen-bond acceptors (Lipinski definition) is 6. The first-order valence-corrected chi connectivity index (χ1v) is 13.1. The zero-order valence-corrected chi connectivity index (χ0v) is 22.8. The molecule has 0 aliphatic carbocycles. The van der Waals surface area contributed by atoms with Gasteiger partial charge in [-0.25, -0.2) is 9.48 Å². The molecule has 0 radical (unpaired) electrons. The first-order valence-electron chi connectivity index (χ1n) is 12.4. The van der Waals surface area contributed by atoms with Gasteiger partial charge >= 0.3 is 12.0 Å². The molecular formula is C28H26Cl2N6O4. The average Bonchev–Trinajstić information content (AvgIpc) is 3.37. The van der Waals surface area contributed by atoms with E-state index in [1.54, 1.807) is 18.2 Å². The van der Waals surface area contributed by atoms with Crippen LogP contribution in [0.15, 0.2) is 78.9 Å². The number of aliphatic carboxylic acids is 1. The number of carbonyl (C=O) groups is 3. The van der Waals surface area contributed by atoms with Crippen molar-refractivity contribution >= 4 is 41.0 Å². The summed E-state index contributed by atoms with van der Waals surface area (Å²) < 4.78 is 1.24. The number of nitrogens with one attached hydrogen (secondary N) is 1. The molecule has 1 unspecified atom stereocenters. The standard InChI is InChI=1S/C28H26Cl2N6O4/c29-22-12-7-13-23(30)21(22)14-26-32-33-34-36(26)18-25(37)24(15-27(38)39)31-28(40)35(16-19-8-3-1-4-9-19)17-20-10-5-2-6-11-20/h1-13,24H,14-18H2,(H,31,40)(H,38,39). The van der Waals surface area contributed by atoms with E-state index in [2.05, 4.69) is 20.8 Å². The molecule has 1 aromatic heterocycles.